The average molecular weight is 405 g/mol. The summed E-state index contributed by atoms with van der Waals surface area (Å²) in [5.74, 6) is 1.91. The zero-order valence-corrected chi connectivity index (χ0v) is 18.2. The van der Waals surface area contributed by atoms with E-state index in [0.717, 1.165) is 28.4 Å². The molecule has 1 aliphatic rings. The molecule has 0 unspecified atom stereocenters. The molecule has 3 aromatic rings. The summed E-state index contributed by atoms with van der Waals surface area (Å²) < 4.78 is 6.40. The average Bonchev–Trinajstić information content (AvgIpc) is 2.75. The molecule has 0 amide bonds. The minimum absolute atomic E-state index is 0.105. The summed E-state index contributed by atoms with van der Waals surface area (Å²) >= 11 is 0. The highest BCUT2D eigenvalue weighted by Crippen LogP contribution is 2.49. The quantitative estimate of drug-likeness (QED) is 0.327. The molecule has 4 rings (SSSR count). The van der Waals surface area contributed by atoms with Crippen molar-refractivity contribution in [3.05, 3.63) is 82.9 Å². The van der Waals surface area contributed by atoms with E-state index in [-0.39, 0.29) is 5.92 Å². The highest BCUT2D eigenvalue weighted by atomic mass is 17.2. The zero-order chi connectivity index (χ0) is 21.3. The summed E-state index contributed by atoms with van der Waals surface area (Å²) in [7, 11) is 9.69. The molecule has 1 heterocycles. The molecule has 156 valence electrons. The van der Waals surface area contributed by atoms with Gasteiger partial charge in [0.05, 0.1) is 7.11 Å². The maximum absolute atomic E-state index is 6.40. The van der Waals surface area contributed by atoms with Crippen LogP contribution in [-0.2, 0) is 16.4 Å². The Hall–Kier alpha value is -3.02. The van der Waals surface area contributed by atoms with E-state index >= 15 is 0 Å². The second kappa shape index (κ2) is 8.38. The number of ether oxygens (including phenoxy) is 1. The van der Waals surface area contributed by atoms with Crippen LogP contribution in [0.1, 0.15) is 28.2 Å². The number of benzene rings is 3. The van der Waals surface area contributed by atoms with Crippen LogP contribution >= 0.6 is 0 Å². The summed E-state index contributed by atoms with van der Waals surface area (Å²) in [4.78, 5) is 14.0. The Kier molecular flexibility index (Phi) is 5.66. The first-order chi connectivity index (χ1) is 14.5. The van der Waals surface area contributed by atoms with Crippen LogP contribution in [-0.4, -0.2) is 35.3 Å². The van der Waals surface area contributed by atoms with Crippen LogP contribution < -0.4 is 14.5 Å². The zero-order valence-electron chi connectivity index (χ0n) is 18.2. The van der Waals surface area contributed by atoms with Crippen molar-refractivity contribution in [2.45, 2.75) is 12.5 Å². The lowest BCUT2D eigenvalue weighted by molar-refractivity contribution is -0.282. The fraction of sp³-hybridized carbons (Fsp3) is 0.280. The highest BCUT2D eigenvalue weighted by molar-refractivity contribution is 5.65. The number of fused-ring (bicyclic) bond motifs is 2. The van der Waals surface area contributed by atoms with Gasteiger partial charge in [-0.2, -0.15) is 0 Å². The number of rotatable bonds is 6. The van der Waals surface area contributed by atoms with E-state index in [1.807, 2.05) is 28.2 Å². The van der Waals surface area contributed by atoms with Crippen molar-refractivity contribution < 1.29 is 14.5 Å². The predicted molar refractivity (Wildman–Crippen MR) is 121 cm³/mol. The molecule has 1 aliphatic heterocycles. The molecule has 0 saturated carbocycles. The molecule has 0 aliphatic carbocycles. The van der Waals surface area contributed by atoms with E-state index in [1.54, 1.807) is 0 Å². The molecule has 30 heavy (non-hydrogen) atoms. The molecule has 0 bridgehead atoms. The van der Waals surface area contributed by atoms with Crippen molar-refractivity contribution >= 4 is 11.4 Å². The molecule has 0 spiro atoms. The normalized spacial score (nSPS) is 12.7. The van der Waals surface area contributed by atoms with Gasteiger partial charge in [0.2, 0.25) is 0 Å². The lowest BCUT2D eigenvalue weighted by Crippen LogP contribution is -2.15. The van der Waals surface area contributed by atoms with Crippen molar-refractivity contribution in [2.24, 2.45) is 0 Å². The van der Waals surface area contributed by atoms with Gasteiger partial charge in [-0.05, 0) is 23.3 Å². The van der Waals surface area contributed by atoms with Crippen molar-refractivity contribution in [3.63, 3.8) is 0 Å². The van der Waals surface area contributed by atoms with E-state index in [4.69, 9.17) is 14.5 Å². The molecule has 0 atom stereocenters. The summed E-state index contributed by atoms with van der Waals surface area (Å²) in [6, 6.07) is 21.4. The van der Waals surface area contributed by atoms with Crippen LogP contribution in [0, 0.1) is 0 Å². The molecule has 0 fully saturated rings. The van der Waals surface area contributed by atoms with Crippen molar-refractivity contribution in [1.82, 2.24) is 0 Å². The van der Waals surface area contributed by atoms with Crippen LogP contribution in [0.5, 0.6) is 11.5 Å². The van der Waals surface area contributed by atoms with Crippen molar-refractivity contribution in [2.75, 3.05) is 45.1 Å². The number of hydrogen-bond acceptors (Lipinski definition) is 5. The van der Waals surface area contributed by atoms with Crippen LogP contribution in [0.4, 0.5) is 11.4 Å². The van der Waals surface area contributed by atoms with E-state index in [0.29, 0.717) is 6.61 Å². The molecule has 5 nitrogen and oxygen atoms in total. The van der Waals surface area contributed by atoms with Gasteiger partial charge in [-0.15, -0.1) is 0 Å². The fourth-order valence-electron chi connectivity index (χ4n) is 3.83. The Morgan fingerprint density at radius 2 is 1.30 bits per heavy atom. The van der Waals surface area contributed by atoms with E-state index < -0.39 is 0 Å². The lowest BCUT2D eigenvalue weighted by atomic mass is 9.82. The Morgan fingerprint density at radius 1 is 0.767 bits per heavy atom. The summed E-state index contributed by atoms with van der Waals surface area (Å²) in [6.45, 7) is 0.427. The summed E-state index contributed by atoms with van der Waals surface area (Å²) in [5, 5.41) is 0. The molecular formula is C25H28N2O3. The second-order valence-electron chi connectivity index (χ2n) is 7.94. The minimum atomic E-state index is 0.105. The molecule has 0 saturated heterocycles. The van der Waals surface area contributed by atoms with Gasteiger partial charge in [-0.25, -0.2) is 9.78 Å². The summed E-state index contributed by atoms with van der Waals surface area (Å²) in [6.07, 6.45) is 0. The van der Waals surface area contributed by atoms with E-state index in [2.05, 4.69) is 70.5 Å². The van der Waals surface area contributed by atoms with Crippen LogP contribution in [0.3, 0.4) is 0 Å². The standard InChI is InChI=1S/C25H28N2O3/c1-26(2)19-10-12-21-23(14-19)30-24-15-20(27(3)4)11-13-22(24)25(21)18-8-6-17(7-9-18)16-29-28-5/h6-15,25H,16H2,1-5H3. The Morgan fingerprint density at radius 3 is 1.77 bits per heavy atom. The highest BCUT2D eigenvalue weighted by Gasteiger charge is 2.29. The molecule has 0 radical (unpaired) electrons. The van der Waals surface area contributed by atoms with E-state index in [1.165, 1.54) is 23.8 Å². The topological polar surface area (TPSA) is 34.2 Å². The first-order valence-electron chi connectivity index (χ1n) is 10.0. The first-order valence-corrected chi connectivity index (χ1v) is 10.0. The lowest BCUT2D eigenvalue weighted by Gasteiger charge is -2.30. The SMILES string of the molecule is COOCc1ccc(C2c3ccc(N(C)C)cc3Oc3cc(N(C)C)ccc32)cc1. The maximum Gasteiger partial charge on any atom is 0.133 e. The Labute approximate surface area is 178 Å². The van der Waals surface area contributed by atoms with Crippen LogP contribution in [0.2, 0.25) is 0 Å². The third kappa shape index (κ3) is 3.86. The van der Waals surface area contributed by atoms with Crippen LogP contribution in [0.25, 0.3) is 0 Å². The Balaban J connectivity index is 1.81. The van der Waals surface area contributed by atoms with Gasteiger partial charge < -0.3 is 14.5 Å². The Bertz CT molecular complexity index is 972. The molecule has 0 aromatic heterocycles. The smallest absolute Gasteiger partial charge is 0.133 e. The summed E-state index contributed by atoms with van der Waals surface area (Å²) in [5.41, 5.74) is 6.87. The van der Waals surface area contributed by atoms with Crippen LogP contribution in [0.15, 0.2) is 60.7 Å². The number of hydrogen-bond donors (Lipinski definition) is 0. The van der Waals surface area contributed by atoms with Gasteiger partial charge in [-0.1, -0.05) is 36.4 Å². The third-order valence-corrected chi connectivity index (χ3v) is 5.53. The van der Waals surface area contributed by atoms with Gasteiger partial charge >= 0.3 is 0 Å². The molecule has 0 N–H and O–H groups in total. The minimum Gasteiger partial charge on any atom is -0.457 e. The first kappa shape index (κ1) is 20.3. The maximum atomic E-state index is 6.40. The molecular weight excluding hydrogens is 376 g/mol. The van der Waals surface area contributed by atoms with Crippen molar-refractivity contribution in [3.8, 4) is 11.5 Å². The number of anilines is 2. The monoisotopic (exact) mass is 404 g/mol. The van der Waals surface area contributed by atoms with Gasteiger partial charge in [0, 0.05) is 68.7 Å². The third-order valence-electron chi connectivity index (χ3n) is 5.53. The van der Waals surface area contributed by atoms with Gasteiger partial charge in [0.25, 0.3) is 0 Å². The fourth-order valence-corrected chi connectivity index (χ4v) is 3.83. The molecule has 3 aromatic carbocycles. The largest absolute Gasteiger partial charge is 0.457 e. The second-order valence-corrected chi connectivity index (χ2v) is 7.94. The number of nitrogens with zero attached hydrogens (tertiary/aromatic N) is 2. The predicted octanol–water partition coefficient (Wildman–Crippen LogP) is 5.18. The van der Waals surface area contributed by atoms with Gasteiger partial charge in [0.1, 0.15) is 18.1 Å². The van der Waals surface area contributed by atoms with Gasteiger partial charge in [0.15, 0.2) is 0 Å². The molecule has 5 heteroatoms. The van der Waals surface area contributed by atoms with E-state index in [9.17, 15) is 0 Å². The van der Waals surface area contributed by atoms with Crippen molar-refractivity contribution in [1.29, 1.82) is 0 Å². The van der Waals surface area contributed by atoms with Gasteiger partial charge in [-0.3, -0.25) is 0 Å².